The van der Waals surface area contributed by atoms with Crippen LogP contribution in [-0.2, 0) is 14.2 Å². The zero-order valence-corrected chi connectivity index (χ0v) is 16.5. The molecule has 0 spiro atoms. The smallest absolute Gasteiger partial charge is 0.161 e. The highest BCUT2D eigenvalue weighted by Crippen LogP contribution is 2.44. The highest BCUT2D eigenvalue weighted by Gasteiger charge is 2.51. The van der Waals surface area contributed by atoms with Crippen LogP contribution in [0.4, 0.5) is 0 Å². The monoisotopic (exact) mass is 326 g/mol. The Morgan fingerprint density at radius 3 is 1.96 bits per heavy atom. The van der Waals surface area contributed by atoms with Crippen molar-refractivity contribution in [3.05, 3.63) is 0 Å². The van der Waals surface area contributed by atoms with Crippen LogP contribution in [0.1, 0.15) is 74.7 Å². The van der Waals surface area contributed by atoms with Crippen molar-refractivity contribution in [1.29, 1.82) is 0 Å². The molecule has 2 saturated heterocycles. The molecule has 2 heterocycles. The van der Waals surface area contributed by atoms with E-state index >= 15 is 0 Å². The third-order valence-corrected chi connectivity index (χ3v) is 6.86. The second-order valence-electron chi connectivity index (χ2n) is 8.18. The quantitative estimate of drug-likeness (QED) is 0.709. The van der Waals surface area contributed by atoms with Crippen LogP contribution < -0.4 is 0 Å². The van der Waals surface area contributed by atoms with Crippen molar-refractivity contribution in [1.82, 2.24) is 0 Å². The van der Waals surface area contributed by atoms with Crippen LogP contribution in [0.15, 0.2) is 0 Å². The molecule has 3 nitrogen and oxygen atoms in total. The van der Waals surface area contributed by atoms with Crippen molar-refractivity contribution in [3.63, 3.8) is 0 Å². The summed E-state index contributed by atoms with van der Waals surface area (Å²) in [5.41, 5.74) is -0.197. The number of hydrogen-bond acceptors (Lipinski definition) is 3. The second kappa shape index (κ2) is 7.41. The van der Waals surface area contributed by atoms with Gasteiger partial charge >= 0.3 is 0 Å². The number of hydrogen-bond donors (Lipinski definition) is 0. The molecule has 23 heavy (non-hydrogen) atoms. The molecule has 3 heteroatoms. The summed E-state index contributed by atoms with van der Waals surface area (Å²) < 4.78 is 19.4. The molecule has 0 saturated carbocycles. The maximum atomic E-state index is 6.62. The largest absolute Gasteiger partial charge is 0.369 e. The lowest BCUT2D eigenvalue weighted by atomic mass is 9.78. The Labute approximate surface area is 143 Å². The lowest BCUT2D eigenvalue weighted by Gasteiger charge is -2.45. The Bertz CT molecular complexity index is 383. The summed E-state index contributed by atoms with van der Waals surface area (Å²) in [4.78, 5) is 0. The van der Waals surface area contributed by atoms with E-state index in [0.29, 0.717) is 35.9 Å². The third kappa shape index (κ3) is 3.48. The molecule has 0 amide bonds. The van der Waals surface area contributed by atoms with Gasteiger partial charge in [0.1, 0.15) is 0 Å². The van der Waals surface area contributed by atoms with E-state index in [9.17, 15) is 0 Å². The summed E-state index contributed by atoms with van der Waals surface area (Å²) >= 11 is 0. The van der Waals surface area contributed by atoms with E-state index in [1.54, 1.807) is 0 Å². The summed E-state index contributed by atoms with van der Waals surface area (Å²) in [6, 6.07) is 0. The normalized spacial score (nSPS) is 51.1. The Balaban J connectivity index is 2.15. The minimum Gasteiger partial charge on any atom is -0.369 e. The fourth-order valence-corrected chi connectivity index (χ4v) is 4.53. The fourth-order valence-electron chi connectivity index (χ4n) is 4.53. The molecule has 0 aliphatic carbocycles. The second-order valence-corrected chi connectivity index (χ2v) is 8.18. The van der Waals surface area contributed by atoms with Crippen LogP contribution in [0.25, 0.3) is 0 Å². The van der Waals surface area contributed by atoms with Gasteiger partial charge in [-0.25, -0.2) is 0 Å². The highest BCUT2D eigenvalue weighted by atomic mass is 16.7. The van der Waals surface area contributed by atoms with Crippen LogP contribution in [0.2, 0.25) is 0 Å². The maximum Gasteiger partial charge on any atom is 0.161 e. The maximum absolute atomic E-state index is 6.62. The molecule has 136 valence electrons. The molecule has 0 aromatic rings. The van der Waals surface area contributed by atoms with Gasteiger partial charge in [-0.15, -0.1) is 0 Å². The summed E-state index contributed by atoms with van der Waals surface area (Å²) in [5.74, 6) is 2.04. The van der Waals surface area contributed by atoms with Crippen molar-refractivity contribution in [2.45, 2.75) is 105 Å². The molecular weight excluding hydrogens is 288 g/mol. The van der Waals surface area contributed by atoms with Crippen molar-refractivity contribution in [2.75, 3.05) is 0 Å². The third-order valence-electron chi connectivity index (χ3n) is 6.86. The van der Waals surface area contributed by atoms with Gasteiger partial charge in [-0.05, 0) is 38.0 Å². The lowest BCUT2D eigenvalue weighted by molar-refractivity contribution is -0.279. The fraction of sp³-hybridized carbons (Fsp3) is 1.00. The SMILES string of the molecule is CC[C@@H]1O[C@@](C)(CC)[C@H](O[C@@H]2O[C@H](CC)C(C)[C@H](C)C2C)C1C. The van der Waals surface area contributed by atoms with Gasteiger partial charge in [0.25, 0.3) is 0 Å². The Kier molecular flexibility index (Phi) is 6.19. The van der Waals surface area contributed by atoms with Crippen molar-refractivity contribution >= 4 is 0 Å². The minimum absolute atomic E-state index is 0.108. The van der Waals surface area contributed by atoms with Crippen molar-refractivity contribution < 1.29 is 14.2 Å². The molecule has 3 unspecified atom stereocenters. The molecule has 2 fully saturated rings. The Hall–Kier alpha value is -0.120. The first-order valence-electron chi connectivity index (χ1n) is 9.77. The Morgan fingerprint density at radius 2 is 1.43 bits per heavy atom. The highest BCUT2D eigenvalue weighted by molar-refractivity contribution is 4.98. The molecule has 2 aliphatic heterocycles. The van der Waals surface area contributed by atoms with E-state index in [-0.39, 0.29) is 18.0 Å². The van der Waals surface area contributed by atoms with Crippen LogP contribution in [0.3, 0.4) is 0 Å². The van der Waals surface area contributed by atoms with E-state index in [0.717, 1.165) is 19.3 Å². The number of ether oxygens (including phenoxy) is 3. The topological polar surface area (TPSA) is 27.7 Å². The molecule has 2 rings (SSSR count). The van der Waals surface area contributed by atoms with Gasteiger partial charge in [0.05, 0.1) is 23.9 Å². The average Bonchev–Trinajstić information content (AvgIpc) is 2.79. The molecule has 0 aromatic carbocycles. The zero-order valence-electron chi connectivity index (χ0n) is 16.5. The summed E-state index contributed by atoms with van der Waals surface area (Å²) in [7, 11) is 0. The van der Waals surface area contributed by atoms with Gasteiger partial charge in [-0.3, -0.25) is 0 Å². The van der Waals surface area contributed by atoms with Gasteiger partial charge in [-0.1, -0.05) is 48.5 Å². The van der Waals surface area contributed by atoms with Crippen LogP contribution in [0.5, 0.6) is 0 Å². The van der Waals surface area contributed by atoms with E-state index in [4.69, 9.17) is 14.2 Å². The molecule has 0 bridgehead atoms. The van der Waals surface area contributed by atoms with E-state index in [1.807, 2.05) is 0 Å². The average molecular weight is 327 g/mol. The zero-order chi connectivity index (χ0) is 17.4. The first kappa shape index (κ1) is 19.2. The molecule has 9 atom stereocenters. The summed E-state index contributed by atoms with van der Waals surface area (Å²) in [5, 5.41) is 0. The summed E-state index contributed by atoms with van der Waals surface area (Å²) in [6.45, 7) is 18.0. The molecule has 0 aromatic heterocycles. The standard InChI is InChI=1S/C20H38O3/c1-9-16-13(5)12(4)14(6)19(21-16)22-18-15(7)17(10-2)23-20(18,8)11-3/h12-19H,9-11H2,1-8H3/t12-,13?,14?,15?,16+,17-,18+,19-,20-/m0/s1. The lowest BCUT2D eigenvalue weighted by Crippen LogP contribution is -2.50. The van der Waals surface area contributed by atoms with Crippen molar-refractivity contribution in [2.24, 2.45) is 23.7 Å². The summed E-state index contributed by atoms with van der Waals surface area (Å²) in [6.07, 6.45) is 3.68. The van der Waals surface area contributed by atoms with Gasteiger partial charge in [0.2, 0.25) is 0 Å². The molecular formula is C20H38O3. The number of rotatable bonds is 5. The first-order valence-corrected chi connectivity index (χ1v) is 9.77. The molecule has 2 aliphatic rings. The van der Waals surface area contributed by atoms with Crippen LogP contribution in [-0.4, -0.2) is 30.2 Å². The van der Waals surface area contributed by atoms with Crippen molar-refractivity contribution in [3.8, 4) is 0 Å². The predicted molar refractivity (Wildman–Crippen MR) is 94.3 cm³/mol. The van der Waals surface area contributed by atoms with E-state index in [1.165, 1.54) is 0 Å². The molecule has 0 N–H and O–H groups in total. The van der Waals surface area contributed by atoms with Gasteiger partial charge in [0, 0.05) is 11.8 Å². The Morgan fingerprint density at radius 1 is 0.826 bits per heavy atom. The van der Waals surface area contributed by atoms with Crippen LogP contribution >= 0.6 is 0 Å². The molecule has 0 radical (unpaired) electrons. The minimum atomic E-state index is -0.197. The predicted octanol–water partition coefficient (Wildman–Crippen LogP) is 5.03. The van der Waals surface area contributed by atoms with E-state index < -0.39 is 0 Å². The van der Waals surface area contributed by atoms with E-state index in [2.05, 4.69) is 55.4 Å². The first-order chi connectivity index (χ1) is 10.8. The van der Waals surface area contributed by atoms with Gasteiger partial charge < -0.3 is 14.2 Å². The van der Waals surface area contributed by atoms with Gasteiger partial charge in [-0.2, -0.15) is 0 Å². The van der Waals surface area contributed by atoms with Crippen LogP contribution in [0, 0.1) is 23.7 Å². The van der Waals surface area contributed by atoms with Gasteiger partial charge in [0.15, 0.2) is 6.29 Å².